The number of furan rings is 1. The van der Waals surface area contributed by atoms with E-state index in [0.717, 1.165) is 4.47 Å². The number of benzene rings is 1. The molecule has 5 nitrogen and oxygen atoms in total. The predicted molar refractivity (Wildman–Crippen MR) is 89.1 cm³/mol. The normalized spacial score (nSPS) is 17.0. The van der Waals surface area contributed by atoms with Crippen LogP contribution < -0.4 is 10.2 Å². The van der Waals surface area contributed by atoms with Gasteiger partial charge in [-0.15, -0.1) is 0 Å². The van der Waals surface area contributed by atoms with Gasteiger partial charge in [-0.3, -0.25) is 19.8 Å². The Bertz CT molecular complexity index is 799. The van der Waals surface area contributed by atoms with Gasteiger partial charge in [-0.2, -0.15) is 0 Å². The van der Waals surface area contributed by atoms with Gasteiger partial charge in [-0.05, 0) is 48.6 Å². The SMILES string of the molecule is O=C1NC(=S)N(c2cccc(Br)c2)C(=O)/C1=C/c1ccco1. The summed E-state index contributed by atoms with van der Waals surface area (Å²) in [6.45, 7) is 0. The van der Waals surface area contributed by atoms with Crippen molar-refractivity contribution in [2.24, 2.45) is 0 Å². The van der Waals surface area contributed by atoms with Gasteiger partial charge in [0.15, 0.2) is 5.11 Å². The molecule has 0 saturated carbocycles. The van der Waals surface area contributed by atoms with Crippen LogP contribution in [0.4, 0.5) is 5.69 Å². The van der Waals surface area contributed by atoms with Crippen molar-refractivity contribution in [1.29, 1.82) is 0 Å². The number of carbonyl (C=O) groups excluding carboxylic acids is 2. The monoisotopic (exact) mass is 376 g/mol. The molecule has 2 amide bonds. The number of nitrogens with one attached hydrogen (secondary N) is 1. The highest BCUT2D eigenvalue weighted by Crippen LogP contribution is 2.24. The molecule has 2 aromatic rings. The molecule has 2 heterocycles. The standard InChI is InChI=1S/C15H9BrN2O3S/c16-9-3-1-4-10(7-9)18-14(20)12(13(19)17-15(18)22)8-11-5-2-6-21-11/h1-8H,(H,17,19,22)/b12-8+. The van der Waals surface area contributed by atoms with Crippen molar-refractivity contribution in [2.45, 2.75) is 0 Å². The fourth-order valence-corrected chi connectivity index (χ4v) is 2.69. The summed E-state index contributed by atoms with van der Waals surface area (Å²) in [7, 11) is 0. The summed E-state index contributed by atoms with van der Waals surface area (Å²) in [6.07, 6.45) is 2.86. The van der Waals surface area contributed by atoms with Crippen LogP contribution in [-0.2, 0) is 9.59 Å². The maximum Gasteiger partial charge on any atom is 0.270 e. The third kappa shape index (κ3) is 2.72. The number of thiocarbonyl (C=S) groups is 1. The highest BCUT2D eigenvalue weighted by Gasteiger charge is 2.34. The third-order valence-corrected chi connectivity index (χ3v) is 3.78. The lowest BCUT2D eigenvalue weighted by atomic mass is 10.1. The maximum atomic E-state index is 12.6. The summed E-state index contributed by atoms with van der Waals surface area (Å²) in [5, 5.41) is 2.56. The Balaban J connectivity index is 2.03. The molecule has 110 valence electrons. The molecule has 1 aliphatic rings. The molecule has 0 atom stereocenters. The van der Waals surface area contributed by atoms with E-state index in [2.05, 4.69) is 21.2 Å². The first-order valence-electron chi connectivity index (χ1n) is 6.27. The number of anilines is 1. The molecule has 1 aromatic heterocycles. The van der Waals surface area contributed by atoms with Gasteiger partial charge in [0.25, 0.3) is 11.8 Å². The van der Waals surface area contributed by atoms with E-state index in [0.29, 0.717) is 11.4 Å². The quantitative estimate of drug-likeness (QED) is 0.497. The lowest BCUT2D eigenvalue weighted by molar-refractivity contribution is -0.122. The van der Waals surface area contributed by atoms with Crippen molar-refractivity contribution in [2.75, 3.05) is 4.90 Å². The lowest BCUT2D eigenvalue weighted by Gasteiger charge is -2.28. The van der Waals surface area contributed by atoms with Crippen LogP contribution in [0.3, 0.4) is 0 Å². The van der Waals surface area contributed by atoms with E-state index in [4.69, 9.17) is 16.6 Å². The van der Waals surface area contributed by atoms with E-state index in [1.54, 1.807) is 30.3 Å². The summed E-state index contributed by atoms with van der Waals surface area (Å²) >= 11 is 8.46. The first kappa shape index (κ1) is 14.7. The van der Waals surface area contributed by atoms with E-state index in [9.17, 15) is 9.59 Å². The Morgan fingerprint density at radius 2 is 2.05 bits per heavy atom. The van der Waals surface area contributed by atoms with Crippen LogP contribution in [0.5, 0.6) is 0 Å². The second-order valence-electron chi connectivity index (χ2n) is 4.45. The lowest BCUT2D eigenvalue weighted by Crippen LogP contribution is -2.54. The van der Waals surface area contributed by atoms with E-state index >= 15 is 0 Å². The molecule has 1 saturated heterocycles. The van der Waals surface area contributed by atoms with Crippen molar-refractivity contribution < 1.29 is 14.0 Å². The average Bonchev–Trinajstić information content (AvgIpc) is 2.96. The minimum atomic E-state index is -0.544. The number of nitrogens with zero attached hydrogens (tertiary/aromatic N) is 1. The fraction of sp³-hybridized carbons (Fsp3) is 0. The second-order valence-corrected chi connectivity index (χ2v) is 5.76. The molecule has 22 heavy (non-hydrogen) atoms. The zero-order chi connectivity index (χ0) is 15.7. The summed E-state index contributed by atoms with van der Waals surface area (Å²) in [5.41, 5.74) is 0.526. The summed E-state index contributed by atoms with van der Waals surface area (Å²) in [6, 6.07) is 10.4. The molecular formula is C15H9BrN2O3S. The number of rotatable bonds is 2. The van der Waals surface area contributed by atoms with E-state index in [-0.39, 0.29) is 10.7 Å². The molecule has 0 unspecified atom stereocenters. The first-order valence-corrected chi connectivity index (χ1v) is 7.47. The number of hydrogen-bond acceptors (Lipinski definition) is 4. The molecule has 1 aromatic carbocycles. The van der Waals surface area contributed by atoms with E-state index < -0.39 is 11.8 Å². The minimum Gasteiger partial charge on any atom is -0.465 e. The van der Waals surface area contributed by atoms with Crippen LogP contribution in [-0.4, -0.2) is 16.9 Å². The van der Waals surface area contributed by atoms with Gasteiger partial charge >= 0.3 is 0 Å². The molecule has 1 N–H and O–H groups in total. The van der Waals surface area contributed by atoms with E-state index in [1.165, 1.54) is 17.2 Å². The third-order valence-electron chi connectivity index (χ3n) is 3.00. The van der Waals surface area contributed by atoms with E-state index in [1.807, 2.05) is 6.07 Å². The zero-order valence-electron chi connectivity index (χ0n) is 11.1. The molecule has 1 aliphatic heterocycles. The first-order chi connectivity index (χ1) is 10.6. The Labute approximate surface area is 139 Å². The highest BCUT2D eigenvalue weighted by molar-refractivity contribution is 9.10. The van der Waals surface area contributed by atoms with Crippen molar-refractivity contribution in [1.82, 2.24) is 5.32 Å². The Hall–Kier alpha value is -2.25. The molecule has 0 spiro atoms. The Morgan fingerprint density at radius 3 is 2.73 bits per heavy atom. The van der Waals surface area contributed by atoms with Crippen molar-refractivity contribution in [3.8, 4) is 0 Å². The van der Waals surface area contributed by atoms with Gasteiger partial charge in [0, 0.05) is 4.47 Å². The van der Waals surface area contributed by atoms with Gasteiger partial charge in [0.1, 0.15) is 11.3 Å². The predicted octanol–water partition coefficient (Wildman–Crippen LogP) is 2.87. The fourth-order valence-electron chi connectivity index (χ4n) is 2.02. The summed E-state index contributed by atoms with van der Waals surface area (Å²) in [5.74, 6) is -0.624. The maximum absolute atomic E-state index is 12.6. The Kier molecular flexibility index (Phi) is 3.91. The van der Waals surface area contributed by atoms with Crippen molar-refractivity contribution in [3.05, 3.63) is 58.5 Å². The van der Waals surface area contributed by atoms with Gasteiger partial charge < -0.3 is 4.42 Å². The highest BCUT2D eigenvalue weighted by atomic mass is 79.9. The largest absolute Gasteiger partial charge is 0.465 e. The van der Waals surface area contributed by atoms with Crippen LogP contribution in [0.2, 0.25) is 0 Å². The topological polar surface area (TPSA) is 62.6 Å². The molecular weight excluding hydrogens is 368 g/mol. The van der Waals surface area contributed by atoms with Crippen LogP contribution in [0.1, 0.15) is 5.76 Å². The van der Waals surface area contributed by atoms with Crippen LogP contribution in [0.15, 0.2) is 57.1 Å². The summed E-state index contributed by atoms with van der Waals surface area (Å²) < 4.78 is 5.95. The van der Waals surface area contributed by atoms with Gasteiger partial charge in [-0.1, -0.05) is 22.0 Å². The molecule has 1 fully saturated rings. The minimum absolute atomic E-state index is 0.0384. The number of hydrogen-bond donors (Lipinski definition) is 1. The van der Waals surface area contributed by atoms with Crippen molar-refractivity contribution in [3.63, 3.8) is 0 Å². The molecule has 0 radical (unpaired) electrons. The Morgan fingerprint density at radius 1 is 1.23 bits per heavy atom. The average molecular weight is 377 g/mol. The molecule has 0 aliphatic carbocycles. The zero-order valence-corrected chi connectivity index (χ0v) is 13.5. The van der Waals surface area contributed by atoms with Crippen molar-refractivity contribution >= 4 is 56.8 Å². The van der Waals surface area contributed by atoms with Crippen LogP contribution in [0, 0.1) is 0 Å². The molecule has 3 rings (SSSR count). The molecule has 7 heteroatoms. The number of amides is 2. The number of halogens is 1. The number of carbonyl (C=O) groups is 2. The molecule has 0 bridgehead atoms. The van der Waals surface area contributed by atoms with Gasteiger partial charge in [-0.25, -0.2) is 0 Å². The van der Waals surface area contributed by atoms with Crippen LogP contribution in [0.25, 0.3) is 6.08 Å². The van der Waals surface area contributed by atoms with Gasteiger partial charge in [0.05, 0.1) is 12.0 Å². The van der Waals surface area contributed by atoms with Gasteiger partial charge in [0.2, 0.25) is 0 Å². The second kappa shape index (κ2) is 5.86. The van der Waals surface area contributed by atoms with Crippen LogP contribution >= 0.6 is 28.1 Å². The smallest absolute Gasteiger partial charge is 0.270 e. The summed E-state index contributed by atoms with van der Waals surface area (Å²) in [4.78, 5) is 25.9.